The van der Waals surface area contributed by atoms with E-state index in [1.54, 1.807) is 57.2 Å². The molecule has 0 unspecified atom stereocenters. The molecule has 0 heterocycles. The van der Waals surface area contributed by atoms with Gasteiger partial charge in [0, 0.05) is 29.9 Å². The zero-order valence-corrected chi connectivity index (χ0v) is 16.8. The van der Waals surface area contributed by atoms with Gasteiger partial charge in [-0.05, 0) is 55.8 Å². The number of carbonyl (C=O) groups excluding carboxylic acids is 2. The van der Waals surface area contributed by atoms with Crippen LogP contribution in [0.4, 0.5) is 5.69 Å². The number of anilines is 1. The van der Waals surface area contributed by atoms with E-state index in [0.717, 1.165) is 0 Å². The minimum Gasteiger partial charge on any atom is -0.322 e. The third kappa shape index (κ3) is 4.61. The van der Waals surface area contributed by atoms with Crippen molar-refractivity contribution in [3.8, 4) is 0 Å². The third-order valence-electron chi connectivity index (χ3n) is 4.32. The lowest BCUT2D eigenvalue weighted by atomic mass is 10.1. The summed E-state index contributed by atoms with van der Waals surface area (Å²) in [5.41, 5.74) is 1.92. The number of hydrogen-bond acceptors (Lipinski definition) is 4. The Kier molecular flexibility index (Phi) is 6.51. The largest absolute Gasteiger partial charge is 0.322 e. The fraction of sp³-hybridized carbons (Fsp3) is 0.300. The summed E-state index contributed by atoms with van der Waals surface area (Å²) >= 11 is 0. The molecule has 0 aliphatic heterocycles. The number of benzene rings is 2. The van der Waals surface area contributed by atoms with Gasteiger partial charge in [-0.1, -0.05) is 19.9 Å². The smallest absolute Gasteiger partial charge is 0.255 e. The van der Waals surface area contributed by atoms with E-state index in [-0.39, 0.29) is 16.2 Å². The summed E-state index contributed by atoms with van der Waals surface area (Å²) in [6.07, 6.45) is 0. The van der Waals surface area contributed by atoms with E-state index < -0.39 is 15.9 Å². The Morgan fingerprint density at radius 3 is 2.04 bits per heavy atom. The van der Waals surface area contributed by atoms with Crippen molar-refractivity contribution in [2.45, 2.75) is 32.6 Å². The van der Waals surface area contributed by atoms with Gasteiger partial charge in [0.2, 0.25) is 10.0 Å². The highest BCUT2D eigenvalue weighted by atomic mass is 32.2. The zero-order valence-electron chi connectivity index (χ0n) is 15.9. The lowest BCUT2D eigenvalue weighted by Crippen LogP contribution is -2.31. The summed E-state index contributed by atoms with van der Waals surface area (Å²) in [6.45, 7) is 7.44. The van der Waals surface area contributed by atoms with Crippen LogP contribution in [0.15, 0.2) is 47.4 Å². The molecule has 0 aliphatic rings. The van der Waals surface area contributed by atoms with Crippen LogP contribution in [-0.2, 0) is 10.0 Å². The molecule has 144 valence electrons. The molecule has 1 N–H and O–H groups in total. The Morgan fingerprint density at radius 2 is 1.52 bits per heavy atom. The molecule has 2 aromatic carbocycles. The van der Waals surface area contributed by atoms with E-state index in [1.165, 1.54) is 17.3 Å². The number of nitrogens with zero attached hydrogens (tertiary/aromatic N) is 1. The molecule has 0 aromatic heterocycles. The Labute approximate surface area is 160 Å². The predicted octanol–water partition coefficient (Wildman–Crippen LogP) is 3.48. The lowest BCUT2D eigenvalue weighted by Gasteiger charge is -2.20. The van der Waals surface area contributed by atoms with E-state index in [9.17, 15) is 18.0 Å². The van der Waals surface area contributed by atoms with E-state index in [1.807, 2.05) is 0 Å². The van der Waals surface area contributed by atoms with Gasteiger partial charge in [0.05, 0.1) is 4.90 Å². The highest BCUT2D eigenvalue weighted by molar-refractivity contribution is 7.89. The molecule has 0 spiro atoms. The minimum absolute atomic E-state index is 0.0577. The number of carbonyl (C=O) groups is 2. The maximum absolute atomic E-state index is 12.8. The summed E-state index contributed by atoms with van der Waals surface area (Å²) in [5.74, 6) is -0.473. The first kappa shape index (κ1) is 20.8. The molecule has 0 radical (unpaired) electrons. The van der Waals surface area contributed by atoms with Gasteiger partial charge in [0.1, 0.15) is 0 Å². The number of aryl methyl sites for hydroxylation is 1. The quantitative estimate of drug-likeness (QED) is 0.736. The highest BCUT2D eigenvalue weighted by Gasteiger charge is 2.24. The van der Waals surface area contributed by atoms with Crippen molar-refractivity contribution in [1.29, 1.82) is 0 Å². The number of nitrogens with one attached hydrogen (secondary N) is 1. The molecule has 0 atom stereocenters. The number of hydrogen-bond donors (Lipinski definition) is 1. The van der Waals surface area contributed by atoms with Gasteiger partial charge in [-0.15, -0.1) is 0 Å². The van der Waals surface area contributed by atoms with Crippen LogP contribution < -0.4 is 5.32 Å². The summed E-state index contributed by atoms with van der Waals surface area (Å²) in [7, 11) is -3.66. The summed E-state index contributed by atoms with van der Waals surface area (Å²) in [4.78, 5) is 24.0. The van der Waals surface area contributed by atoms with Gasteiger partial charge in [0.15, 0.2) is 5.78 Å². The minimum atomic E-state index is -3.66. The topological polar surface area (TPSA) is 83.6 Å². The van der Waals surface area contributed by atoms with Gasteiger partial charge >= 0.3 is 0 Å². The van der Waals surface area contributed by atoms with Crippen LogP contribution in [0.5, 0.6) is 0 Å². The molecule has 27 heavy (non-hydrogen) atoms. The second-order valence-corrected chi connectivity index (χ2v) is 8.06. The van der Waals surface area contributed by atoms with Crippen LogP contribution in [0.1, 0.15) is 47.1 Å². The van der Waals surface area contributed by atoms with Crippen LogP contribution >= 0.6 is 0 Å². The molecule has 2 aromatic rings. The van der Waals surface area contributed by atoms with Crippen LogP contribution in [0, 0.1) is 6.92 Å². The van der Waals surface area contributed by atoms with Crippen molar-refractivity contribution in [3.63, 3.8) is 0 Å². The monoisotopic (exact) mass is 388 g/mol. The zero-order chi connectivity index (χ0) is 20.2. The number of ketones is 1. The SMILES string of the molecule is CCN(CC)S(=O)(=O)c1cc(C(=O)Nc2ccc(C(C)=O)cc2)ccc1C. The first-order valence-electron chi connectivity index (χ1n) is 8.73. The number of sulfonamides is 1. The van der Waals surface area contributed by atoms with E-state index in [4.69, 9.17) is 0 Å². The molecule has 0 bridgehead atoms. The van der Waals surface area contributed by atoms with Crippen molar-refractivity contribution in [1.82, 2.24) is 4.31 Å². The third-order valence-corrected chi connectivity index (χ3v) is 6.51. The summed E-state index contributed by atoms with van der Waals surface area (Å²) < 4.78 is 27.0. The predicted molar refractivity (Wildman–Crippen MR) is 106 cm³/mol. The van der Waals surface area contributed by atoms with Crippen molar-refractivity contribution in [2.75, 3.05) is 18.4 Å². The Morgan fingerprint density at radius 1 is 0.963 bits per heavy atom. The van der Waals surface area contributed by atoms with Gasteiger partial charge < -0.3 is 5.32 Å². The first-order chi connectivity index (χ1) is 12.7. The van der Waals surface area contributed by atoms with Gasteiger partial charge in [-0.3, -0.25) is 9.59 Å². The Balaban J connectivity index is 2.31. The number of Topliss-reactive ketones (excluding diaryl/α,β-unsaturated/α-hetero) is 1. The fourth-order valence-corrected chi connectivity index (χ4v) is 4.42. The average molecular weight is 388 g/mol. The van der Waals surface area contributed by atoms with E-state index in [2.05, 4.69) is 5.32 Å². The standard InChI is InChI=1S/C20H24N2O4S/c1-5-22(6-2)27(25,26)19-13-17(8-7-14(19)3)20(24)21-18-11-9-16(10-12-18)15(4)23/h7-13H,5-6H2,1-4H3,(H,21,24). The summed E-state index contributed by atoms with van der Waals surface area (Å²) in [6, 6.07) is 11.2. The van der Waals surface area contributed by atoms with Crippen LogP contribution in [0.25, 0.3) is 0 Å². The molecular formula is C20H24N2O4S. The normalized spacial score (nSPS) is 11.4. The molecule has 6 nitrogen and oxygen atoms in total. The second-order valence-electron chi connectivity index (χ2n) is 6.16. The fourth-order valence-electron chi connectivity index (χ4n) is 2.71. The van der Waals surface area contributed by atoms with Gasteiger partial charge in [0.25, 0.3) is 5.91 Å². The summed E-state index contributed by atoms with van der Waals surface area (Å²) in [5, 5.41) is 2.72. The maximum atomic E-state index is 12.8. The van der Waals surface area contributed by atoms with Crippen LogP contribution in [-0.4, -0.2) is 37.5 Å². The molecular weight excluding hydrogens is 364 g/mol. The van der Waals surface area contributed by atoms with Crippen molar-refractivity contribution < 1.29 is 18.0 Å². The van der Waals surface area contributed by atoms with Crippen molar-refractivity contribution in [3.05, 3.63) is 59.2 Å². The first-order valence-corrected chi connectivity index (χ1v) is 10.2. The maximum Gasteiger partial charge on any atom is 0.255 e. The van der Waals surface area contributed by atoms with E-state index in [0.29, 0.717) is 29.9 Å². The molecule has 1 amide bonds. The molecule has 0 aliphatic carbocycles. The number of rotatable bonds is 7. The average Bonchev–Trinajstić information content (AvgIpc) is 2.63. The van der Waals surface area contributed by atoms with E-state index >= 15 is 0 Å². The number of amides is 1. The highest BCUT2D eigenvalue weighted by Crippen LogP contribution is 2.22. The molecule has 0 saturated carbocycles. The Hall–Kier alpha value is -2.51. The lowest BCUT2D eigenvalue weighted by molar-refractivity contribution is 0.101. The van der Waals surface area contributed by atoms with Crippen molar-refractivity contribution in [2.24, 2.45) is 0 Å². The van der Waals surface area contributed by atoms with Gasteiger partial charge in [-0.25, -0.2) is 8.42 Å². The molecule has 7 heteroatoms. The van der Waals surface area contributed by atoms with Crippen molar-refractivity contribution >= 4 is 27.4 Å². The molecule has 2 rings (SSSR count). The Bertz CT molecular complexity index is 946. The molecule has 0 fully saturated rings. The second kappa shape index (κ2) is 8.45. The molecule has 0 saturated heterocycles. The van der Waals surface area contributed by atoms with Crippen LogP contribution in [0.2, 0.25) is 0 Å². The van der Waals surface area contributed by atoms with Crippen LogP contribution in [0.3, 0.4) is 0 Å². The van der Waals surface area contributed by atoms with Gasteiger partial charge in [-0.2, -0.15) is 4.31 Å².